The van der Waals surface area contributed by atoms with E-state index in [9.17, 15) is 19.1 Å². The summed E-state index contributed by atoms with van der Waals surface area (Å²) in [5.74, 6) is 0.111. The summed E-state index contributed by atoms with van der Waals surface area (Å²) >= 11 is 0. The normalized spacial score (nSPS) is 22.8. The maximum absolute atomic E-state index is 15.0. The zero-order chi connectivity index (χ0) is 53.3. The lowest BCUT2D eigenvalue weighted by molar-refractivity contribution is -0.145. The van der Waals surface area contributed by atoms with E-state index in [1.54, 1.807) is 18.2 Å². The Morgan fingerprint density at radius 3 is 1.43 bits per heavy atom. The molecule has 0 saturated heterocycles. The SMILES string of the molecule is CCOC(=O)[C@H]1C[C@]12CCc1ccc(OCc3ccc(-c4cc(C)ccc4F)c(C4=CCCC4(C)C)c3)cc12.Cc1ccc(F)c(-c2ccc(COc3ccc4c(c3)[C@]3(CC4)C[C@@H]3C(=O)O)cc2C2=CCCC2(C)C)c1. The quantitative estimate of drug-likeness (QED) is 0.116. The van der Waals surface area contributed by atoms with E-state index in [1.165, 1.54) is 27.8 Å². The van der Waals surface area contributed by atoms with Crippen LogP contribution in [0, 0.1) is 48.1 Å². The Morgan fingerprint density at radius 2 is 1.01 bits per heavy atom. The summed E-state index contributed by atoms with van der Waals surface area (Å²) < 4.78 is 47.9. The van der Waals surface area contributed by atoms with Crippen LogP contribution in [0.15, 0.2) is 121 Å². The number of benzene rings is 6. The van der Waals surface area contributed by atoms with Crippen molar-refractivity contribution < 1.29 is 37.7 Å². The van der Waals surface area contributed by atoms with E-state index in [-0.39, 0.29) is 51.1 Å². The molecule has 392 valence electrons. The van der Waals surface area contributed by atoms with Gasteiger partial charge < -0.3 is 19.3 Å². The third kappa shape index (κ3) is 9.49. The number of hydrogen-bond acceptors (Lipinski definition) is 5. The highest BCUT2D eigenvalue weighted by Crippen LogP contribution is 2.63. The minimum atomic E-state index is -0.694. The number of allylic oxidation sites excluding steroid dienone is 4. The van der Waals surface area contributed by atoms with Gasteiger partial charge in [-0.05, 0) is 223 Å². The second-order valence-corrected chi connectivity index (χ2v) is 23.9. The van der Waals surface area contributed by atoms with Crippen LogP contribution in [0.3, 0.4) is 0 Å². The van der Waals surface area contributed by atoms with Gasteiger partial charge in [-0.25, -0.2) is 8.78 Å². The molecule has 6 aliphatic rings. The molecule has 1 N–H and O–H groups in total. The zero-order valence-electron chi connectivity index (χ0n) is 45.1. The van der Waals surface area contributed by atoms with Gasteiger partial charge in [-0.2, -0.15) is 0 Å². The zero-order valence-corrected chi connectivity index (χ0v) is 45.1. The lowest BCUT2D eigenvalue weighted by Gasteiger charge is -2.25. The highest BCUT2D eigenvalue weighted by Gasteiger charge is 2.63. The molecular weight excluding hydrogens is 951 g/mol. The van der Waals surface area contributed by atoms with Crippen LogP contribution in [0.5, 0.6) is 11.5 Å². The Balaban J connectivity index is 0.000000162. The number of rotatable bonds is 13. The molecule has 4 atom stereocenters. The van der Waals surface area contributed by atoms with Crippen LogP contribution in [0.4, 0.5) is 8.78 Å². The number of carbonyl (C=O) groups is 2. The number of ether oxygens (including phenoxy) is 3. The van der Waals surface area contributed by atoms with Gasteiger partial charge in [0.25, 0.3) is 0 Å². The summed E-state index contributed by atoms with van der Waals surface area (Å²) in [6.45, 7) is 16.2. The molecule has 0 aromatic heterocycles. The van der Waals surface area contributed by atoms with Gasteiger partial charge in [-0.1, -0.05) is 99.5 Å². The highest BCUT2D eigenvalue weighted by atomic mass is 19.1. The summed E-state index contributed by atoms with van der Waals surface area (Å²) in [5.41, 5.74) is 16.7. The van der Waals surface area contributed by atoms with Gasteiger partial charge in [0.15, 0.2) is 0 Å². The third-order valence-corrected chi connectivity index (χ3v) is 18.0. The van der Waals surface area contributed by atoms with Crippen LogP contribution in [-0.2, 0) is 51.2 Å². The first kappa shape index (κ1) is 51.3. The van der Waals surface area contributed by atoms with Crippen molar-refractivity contribution in [3.05, 3.63) is 189 Å². The monoisotopic (exact) mass is 1020 g/mol. The molecule has 0 amide bonds. The third-order valence-electron chi connectivity index (χ3n) is 18.0. The average Bonchev–Trinajstić information content (AvgIpc) is 4.18. The first-order valence-corrected chi connectivity index (χ1v) is 27.5. The molecule has 6 aromatic carbocycles. The molecule has 0 aliphatic heterocycles. The molecule has 6 nitrogen and oxygen atoms in total. The van der Waals surface area contributed by atoms with Gasteiger partial charge in [0.1, 0.15) is 36.3 Å². The van der Waals surface area contributed by atoms with Crippen LogP contribution in [0.1, 0.15) is 142 Å². The number of esters is 1. The Kier molecular flexibility index (Phi) is 13.3. The molecule has 0 heterocycles. The molecule has 0 radical (unpaired) electrons. The molecule has 0 bridgehead atoms. The fraction of sp³-hybridized carbons (Fsp3) is 0.382. The van der Waals surface area contributed by atoms with Crippen LogP contribution >= 0.6 is 0 Å². The first-order valence-electron chi connectivity index (χ1n) is 27.5. The van der Waals surface area contributed by atoms with E-state index in [1.807, 2.05) is 69.3 Å². The van der Waals surface area contributed by atoms with Crippen molar-refractivity contribution >= 4 is 23.1 Å². The van der Waals surface area contributed by atoms with E-state index < -0.39 is 5.97 Å². The number of fused-ring (bicyclic) bond motifs is 4. The number of halogens is 2. The molecule has 2 saturated carbocycles. The predicted octanol–water partition coefficient (Wildman–Crippen LogP) is 16.2. The van der Waals surface area contributed by atoms with Gasteiger partial charge in [-0.15, -0.1) is 0 Å². The summed E-state index contributed by atoms with van der Waals surface area (Å²) in [6.07, 6.45) is 14.3. The summed E-state index contributed by atoms with van der Waals surface area (Å²) in [5, 5.41) is 9.56. The predicted molar refractivity (Wildman–Crippen MR) is 297 cm³/mol. The van der Waals surface area contributed by atoms with Gasteiger partial charge in [0, 0.05) is 22.0 Å². The molecule has 0 unspecified atom stereocenters. The lowest BCUT2D eigenvalue weighted by atomic mass is 9.79. The Hall–Kier alpha value is -6.80. The first-order chi connectivity index (χ1) is 36.4. The van der Waals surface area contributed by atoms with Gasteiger partial charge in [0.05, 0.1) is 18.4 Å². The van der Waals surface area contributed by atoms with Crippen molar-refractivity contribution in [3.63, 3.8) is 0 Å². The van der Waals surface area contributed by atoms with Crippen LogP contribution in [0.25, 0.3) is 33.4 Å². The largest absolute Gasteiger partial charge is 0.489 e. The minimum absolute atomic E-state index is 0.0216. The van der Waals surface area contributed by atoms with Crippen LogP contribution in [0.2, 0.25) is 0 Å². The smallest absolute Gasteiger partial charge is 0.309 e. The molecule has 2 fully saturated rings. The lowest BCUT2D eigenvalue weighted by Crippen LogP contribution is -2.15. The molecule has 6 aliphatic carbocycles. The van der Waals surface area contributed by atoms with E-state index in [0.717, 1.165) is 126 Å². The summed E-state index contributed by atoms with van der Waals surface area (Å²) in [7, 11) is 0. The fourth-order valence-electron chi connectivity index (χ4n) is 13.5. The van der Waals surface area contributed by atoms with Crippen LogP contribution in [-0.4, -0.2) is 23.7 Å². The molecule has 8 heteroatoms. The van der Waals surface area contributed by atoms with Gasteiger partial charge >= 0.3 is 11.9 Å². The van der Waals surface area contributed by atoms with E-state index in [2.05, 4.69) is 82.3 Å². The van der Waals surface area contributed by atoms with Crippen molar-refractivity contribution in [1.29, 1.82) is 0 Å². The Labute approximate surface area is 447 Å². The van der Waals surface area contributed by atoms with Crippen molar-refractivity contribution in [1.82, 2.24) is 0 Å². The van der Waals surface area contributed by atoms with Gasteiger partial charge in [0.2, 0.25) is 0 Å². The standard InChI is InChI=1S/C35H37FO3.C33H33FO3/c1-5-38-33(37)31-20-35(31)16-14-24-10-11-25(19-30(24)35)39-21-23-9-12-26(28-17-22(2)8-13-32(28)36)27(18-23)29-7-6-15-34(29,3)4;1-20-6-11-30(34)26(15-20)24-10-7-21(16-25(24)27-5-4-13-32(27,2)3)19-37-23-9-8-22-12-14-33(28(22)17-23)18-29(33)31(35)36/h7-13,17-19,31H,5-6,14-16,20-21H2,1-4H3;5-11,15-17,29H,4,12-14,18-19H2,1-3H3,(H,35,36)/t31-,35+;29-,33+/m11/s1. The number of aliphatic carboxylic acids is 1. The fourth-order valence-corrected chi connectivity index (χ4v) is 13.5. The van der Waals surface area contributed by atoms with Crippen molar-refractivity contribution in [2.75, 3.05) is 6.61 Å². The number of hydrogen-bond donors (Lipinski definition) is 1. The average molecular weight is 1020 g/mol. The molecule has 76 heavy (non-hydrogen) atoms. The molecular formula is C68H70F2O6. The second-order valence-electron chi connectivity index (χ2n) is 23.9. The van der Waals surface area contributed by atoms with Crippen LogP contribution < -0.4 is 9.47 Å². The summed E-state index contributed by atoms with van der Waals surface area (Å²) in [4.78, 5) is 24.1. The maximum Gasteiger partial charge on any atom is 0.309 e. The van der Waals surface area contributed by atoms with Gasteiger partial charge in [-0.3, -0.25) is 9.59 Å². The van der Waals surface area contributed by atoms with Crippen molar-refractivity contribution in [2.24, 2.45) is 22.7 Å². The Morgan fingerprint density at radius 1 is 0.553 bits per heavy atom. The van der Waals surface area contributed by atoms with E-state index in [4.69, 9.17) is 14.2 Å². The topological polar surface area (TPSA) is 82.1 Å². The van der Waals surface area contributed by atoms with E-state index >= 15 is 4.39 Å². The Bertz CT molecular complexity index is 3380. The number of carbonyl (C=O) groups excluding carboxylic acids is 1. The van der Waals surface area contributed by atoms with Crippen molar-refractivity contribution in [3.8, 4) is 33.8 Å². The highest BCUT2D eigenvalue weighted by molar-refractivity contribution is 5.87. The number of carboxylic acid groups (broad SMARTS) is 1. The van der Waals surface area contributed by atoms with E-state index in [0.29, 0.717) is 30.9 Å². The number of carboxylic acids is 1. The molecule has 2 spiro atoms. The summed E-state index contributed by atoms with van der Waals surface area (Å²) in [6, 6.07) is 35.6. The minimum Gasteiger partial charge on any atom is -0.489 e. The molecule has 6 aromatic rings. The second kappa shape index (κ2) is 19.6. The maximum atomic E-state index is 15.0. The molecule has 12 rings (SSSR count). The number of aryl methyl sites for hydroxylation is 4. The van der Waals surface area contributed by atoms with Crippen molar-refractivity contribution in [2.45, 2.75) is 137 Å².